The van der Waals surface area contributed by atoms with E-state index in [0.717, 1.165) is 31.1 Å². The summed E-state index contributed by atoms with van der Waals surface area (Å²) in [6.45, 7) is 2.22. The first-order valence-electron chi connectivity index (χ1n) is 10.2. The van der Waals surface area contributed by atoms with Crippen molar-refractivity contribution in [2.24, 2.45) is 5.92 Å². The maximum absolute atomic E-state index is 13.4. The molecule has 2 aliphatic heterocycles. The molecule has 0 radical (unpaired) electrons. The number of fused-ring (bicyclic) bond motifs is 1. The summed E-state index contributed by atoms with van der Waals surface area (Å²) in [6.07, 6.45) is 5.21. The largest absolute Gasteiger partial charge is 0.464 e. The van der Waals surface area contributed by atoms with Crippen molar-refractivity contribution in [1.29, 1.82) is 0 Å². The van der Waals surface area contributed by atoms with E-state index in [1.54, 1.807) is 17.8 Å². The van der Waals surface area contributed by atoms with Crippen molar-refractivity contribution in [1.82, 2.24) is 24.9 Å². The van der Waals surface area contributed by atoms with Gasteiger partial charge in [0.05, 0.1) is 36.8 Å². The number of piperidine rings is 1. The number of methoxy groups -OCH3 is 1. The first kappa shape index (κ1) is 19.7. The van der Waals surface area contributed by atoms with E-state index in [1.165, 1.54) is 23.2 Å². The summed E-state index contributed by atoms with van der Waals surface area (Å²) in [6, 6.07) is 7.60. The van der Waals surface area contributed by atoms with Crippen LogP contribution in [0.2, 0.25) is 0 Å². The summed E-state index contributed by atoms with van der Waals surface area (Å²) in [5, 5.41) is 10.9. The van der Waals surface area contributed by atoms with Crippen LogP contribution in [-0.2, 0) is 4.74 Å². The van der Waals surface area contributed by atoms with Crippen LogP contribution in [0, 0.1) is 5.92 Å². The number of thiazole rings is 1. The Hall–Kier alpha value is -3.27. The van der Waals surface area contributed by atoms with Crippen LogP contribution in [0.3, 0.4) is 0 Å². The highest BCUT2D eigenvalue weighted by molar-refractivity contribution is 7.13. The molecule has 1 aromatic carbocycles. The lowest BCUT2D eigenvalue weighted by Crippen LogP contribution is -2.50. The lowest BCUT2D eigenvalue weighted by molar-refractivity contribution is 0.0594. The van der Waals surface area contributed by atoms with Crippen molar-refractivity contribution < 1.29 is 14.3 Å². The van der Waals surface area contributed by atoms with Crippen molar-refractivity contribution in [2.45, 2.75) is 18.9 Å². The molecule has 2 fully saturated rings. The molecule has 5 rings (SSSR count). The van der Waals surface area contributed by atoms with E-state index in [0.29, 0.717) is 29.4 Å². The number of rotatable bonds is 4. The lowest BCUT2D eigenvalue weighted by atomic mass is 9.92. The zero-order chi connectivity index (χ0) is 21.4. The van der Waals surface area contributed by atoms with Gasteiger partial charge in [0.15, 0.2) is 10.8 Å². The highest BCUT2D eigenvalue weighted by atomic mass is 32.1. The number of ether oxygens (including phenoxy) is 1. The Bertz CT molecular complexity index is 1100. The first-order chi connectivity index (χ1) is 15.2. The van der Waals surface area contributed by atoms with Crippen LogP contribution < -0.4 is 4.90 Å². The number of aromatic nitrogens is 4. The van der Waals surface area contributed by atoms with E-state index in [-0.39, 0.29) is 11.9 Å². The second-order valence-electron chi connectivity index (χ2n) is 7.69. The summed E-state index contributed by atoms with van der Waals surface area (Å²) in [5.41, 5.74) is 1.59. The quantitative estimate of drug-likeness (QED) is 0.577. The van der Waals surface area contributed by atoms with Crippen LogP contribution in [0.1, 0.15) is 33.7 Å². The van der Waals surface area contributed by atoms with Gasteiger partial charge in [0.25, 0.3) is 5.91 Å². The van der Waals surface area contributed by atoms with Crippen LogP contribution in [0.5, 0.6) is 0 Å². The number of carbonyl (C=O) groups is 2. The van der Waals surface area contributed by atoms with Crippen molar-refractivity contribution in [3.8, 4) is 5.69 Å². The SMILES string of the molecule is COC(=O)c1csc(N2CC[C@@H]3CCN(C(=O)c4ccccc4-n4nccn4)C[C@@H]32)n1. The van der Waals surface area contributed by atoms with Gasteiger partial charge in [-0.1, -0.05) is 12.1 Å². The zero-order valence-corrected chi connectivity index (χ0v) is 17.9. The molecule has 0 bridgehead atoms. The third-order valence-corrected chi connectivity index (χ3v) is 6.93. The highest BCUT2D eigenvalue weighted by Crippen LogP contribution is 2.37. The van der Waals surface area contributed by atoms with Gasteiger partial charge in [-0.3, -0.25) is 4.79 Å². The molecule has 4 heterocycles. The number of amides is 1. The molecule has 10 heteroatoms. The molecule has 9 nitrogen and oxygen atoms in total. The Morgan fingerprint density at radius 3 is 2.71 bits per heavy atom. The van der Waals surface area contributed by atoms with Gasteiger partial charge in [-0.2, -0.15) is 15.0 Å². The summed E-state index contributed by atoms with van der Waals surface area (Å²) in [5.74, 6) is 0.0627. The van der Waals surface area contributed by atoms with E-state index in [9.17, 15) is 9.59 Å². The van der Waals surface area contributed by atoms with Crippen molar-refractivity contribution in [3.05, 3.63) is 53.3 Å². The molecule has 3 aromatic rings. The second-order valence-corrected chi connectivity index (χ2v) is 8.53. The standard InChI is InChI=1S/C21H22N6O3S/c1-30-20(29)16-13-31-21(24-16)26-11-7-14-6-10-25(12-18(14)26)19(28)15-4-2-3-5-17(15)27-22-8-9-23-27/h2-5,8-9,13-14,18H,6-7,10-12H2,1H3/t14-,18-/m0/s1. The fourth-order valence-electron chi connectivity index (χ4n) is 4.50. The Morgan fingerprint density at radius 1 is 1.13 bits per heavy atom. The molecule has 0 unspecified atom stereocenters. The Morgan fingerprint density at radius 2 is 1.90 bits per heavy atom. The van der Waals surface area contributed by atoms with Gasteiger partial charge in [-0.25, -0.2) is 9.78 Å². The monoisotopic (exact) mass is 438 g/mol. The average molecular weight is 439 g/mol. The molecule has 0 saturated carbocycles. The number of para-hydroxylation sites is 1. The summed E-state index contributed by atoms with van der Waals surface area (Å²) < 4.78 is 4.78. The molecule has 2 saturated heterocycles. The van der Waals surface area contributed by atoms with Gasteiger partial charge >= 0.3 is 5.97 Å². The zero-order valence-electron chi connectivity index (χ0n) is 17.0. The fraction of sp³-hybridized carbons (Fsp3) is 0.381. The van der Waals surface area contributed by atoms with Gasteiger partial charge in [0, 0.05) is 25.0 Å². The Kier molecular flexibility index (Phi) is 5.14. The topological polar surface area (TPSA) is 93.5 Å². The average Bonchev–Trinajstić information content (AvgIpc) is 3.58. The molecule has 2 aromatic heterocycles. The van der Waals surface area contributed by atoms with E-state index in [2.05, 4.69) is 20.1 Å². The molecule has 1 amide bonds. The highest BCUT2D eigenvalue weighted by Gasteiger charge is 2.41. The lowest BCUT2D eigenvalue weighted by Gasteiger charge is -2.38. The molecule has 0 aliphatic carbocycles. The smallest absolute Gasteiger partial charge is 0.357 e. The van der Waals surface area contributed by atoms with E-state index >= 15 is 0 Å². The third-order valence-electron chi connectivity index (χ3n) is 6.05. The summed E-state index contributed by atoms with van der Waals surface area (Å²) in [4.78, 5) is 35.3. The predicted octanol–water partition coefficient (Wildman–Crippen LogP) is 2.25. The van der Waals surface area contributed by atoms with Crippen LogP contribution in [0.15, 0.2) is 42.0 Å². The van der Waals surface area contributed by atoms with Crippen LogP contribution in [0.25, 0.3) is 5.69 Å². The molecular formula is C21H22N6O3S. The number of esters is 1. The van der Waals surface area contributed by atoms with Crippen LogP contribution in [-0.4, -0.2) is 69.5 Å². The van der Waals surface area contributed by atoms with Gasteiger partial charge in [-0.15, -0.1) is 11.3 Å². The molecule has 31 heavy (non-hydrogen) atoms. The first-order valence-corrected chi connectivity index (χ1v) is 11.1. The van der Waals surface area contributed by atoms with Gasteiger partial charge in [0.2, 0.25) is 0 Å². The van der Waals surface area contributed by atoms with Gasteiger partial charge in [-0.05, 0) is 30.9 Å². The Labute approximate surface area is 183 Å². The minimum absolute atomic E-state index is 0.0208. The van der Waals surface area contributed by atoms with E-state index < -0.39 is 5.97 Å². The van der Waals surface area contributed by atoms with Crippen LogP contribution >= 0.6 is 11.3 Å². The number of hydrogen-bond acceptors (Lipinski definition) is 8. The summed E-state index contributed by atoms with van der Waals surface area (Å²) in [7, 11) is 1.36. The fourth-order valence-corrected chi connectivity index (χ4v) is 5.38. The number of hydrogen-bond donors (Lipinski definition) is 0. The minimum Gasteiger partial charge on any atom is -0.464 e. The number of carbonyl (C=O) groups excluding carboxylic acids is 2. The third kappa shape index (κ3) is 3.56. The van der Waals surface area contributed by atoms with Gasteiger partial charge in [0.1, 0.15) is 0 Å². The summed E-state index contributed by atoms with van der Waals surface area (Å²) >= 11 is 1.44. The van der Waals surface area contributed by atoms with Gasteiger partial charge < -0.3 is 14.5 Å². The molecule has 160 valence electrons. The maximum atomic E-state index is 13.4. The maximum Gasteiger partial charge on any atom is 0.357 e. The minimum atomic E-state index is -0.428. The number of benzene rings is 1. The number of nitrogens with zero attached hydrogens (tertiary/aromatic N) is 6. The van der Waals surface area contributed by atoms with E-state index in [1.807, 2.05) is 29.2 Å². The van der Waals surface area contributed by atoms with E-state index in [4.69, 9.17) is 4.74 Å². The molecular weight excluding hydrogens is 416 g/mol. The number of anilines is 1. The molecule has 2 atom stereocenters. The Balaban J connectivity index is 1.37. The van der Waals surface area contributed by atoms with Crippen molar-refractivity contribution in [3.63, 3.8) is 0 Å². The van der Waals surface area contributed by atoms with Crippen LogP contribution in [0.4, 0.5) is 5.13 Å². The second kappa shape index (κ2) is 8.10. The normalized spacial score (nSPS) is 20.5. The molecule has 2 aliphatic rings. The molecule has 0 N–H and O–H groups in total. The predicted molar refractivity (Wildman–Crippen MR) is 115 cm³/mol. The van der Waals surface area contributed by atoms with Crippen molar-refractivity contribution >= 4 is 28.3 Å². The van der Waals surface area contributed by atoms with Crippen molar-refractivity contribution in [2.75, 3.05) is 31.6 Å². The number of likely N-dealkylation sites (tertiary alicyclic amines) is 1. The molecule has 0 spiro atoms.